The van der Waals surface area contributed by atoms with Gasteiger partial charge in [-0.15, -0.1) is 0 Å². The Bertz CT molecular complexity index is 449. The van der Waals surface area contributed by atoms with Crippen LogP contribution in [0.3, 0.4) is 0 Å². The van der Waals surface area contributed by atoms with Gasteiger partial charge in [0.2, 0.25) is 0 Å². The predicted octanol–water partition coefficient (Wildman–Crippen LogP) is 3.08. The maximum absolute atomic E-state index is 6.18. The Balaban J connectivity index is 1.73. The molecule has 3 unspecified atom stereocenters. The minimum absolute atomic E-state index is 0.0419. The largest absolute Gasteiger partial charge is 0.468 e. The lowest BCUT2D eigenvalue weighted by molar-refractivity contribution is 0.439. The second-order valence-corrected chi connectivity index (χ2v) is 4.46. The van der Waals surface area contributed by atoms with Gasteiger partial charge in [0, 0.05) is 0 Å². The van der Waals surface area contributed by atoms with Crippen molar-refractivity contribution >= 4 is 0 Å². The molecule has 1 aromatic carbocycles. The van der Waals surface area contributed by atoms with Crippen LogP contribution in [0.5, 0.6) is 0 Å². The zero-order chi connectivity index (χ0) is 11.0. The number of furan rings is 1. The summed E-state index contributed by atoms with van der Waals surface area (Å²) in [5, 5.41) is 0. The highest BCUT2D eigenvalue weighted by molar-refractivity contribution is 5.27. The molecule has 1 aliphatic rings. The highest BCUT2D eigenvalue weighted by atomic mass is 16.3. The van der Waals surface area contributed by atoms with E-state index in [0.717, 1.165) is 5.76 Å². The molecule has 0 amide bonds. The fraction of sp³-hybridized carbons (Fsp3) is 0.286. The van der Waals surface area contributed by atoms with E-state index in [1.807, 2.05) is 18.2 Å². The molecule has 1 heterocycles. The number of nitrogens with two attached hydrogens (primary N) is 1. The summed E-state index contributed by atoms with van der Waals surface area (Å²) in [6.07, 6.45) is 2.86. The molecule has 2 heteroatoms. The van der Waals surface area contributed by atoms with Crippen LogP contribution in [0.15, 0.2) is 53.1 Å². The van der Waals surface area contributed by atoms with Gasteiger partial charge in [-0.05, 0) is 36.0 Å². The number of benzene rings is 1. The minimum atomic E-state index is 0.0419. The standard InChI is InChI=1S/C14H15NO/c15-14(13-7-4-8-16-13)12-9-11(12)10-5-2-1-3-6-10/h1-8,11-12,14H,9,15H2. The zero-order valence-corrected chi connectivity index (χ0v) is 9.04. The van der Waals surface area contributed by atoms with E-state index >= 15 is 0 Å². The topological polar surface area (TPSA) is 39.2 Å². The van der Waals surface area contributed by atoms with Gasteiger partial charge in [0.15, 0.2) is 0 Å². The van der Waals surface area contributed by atoms with Crippen molar-refractivity contribution in [3.8, 4) is 0 Å². The number of hydrogen-bond donors (Lipinski definition) is 1. The molecule has 82 valence electrons. The Morgan fingerprint density at radius 2 is 1.94 bits per heavy atom. The Morgan fingerprint density at radius 3 is 2.62 bits per heavy atom. The summed E-state index contributed by atoms with van der Waals surface area (Å²) in [6, 6.07) is 14.5. The molecule has 1 aliphatic carbocycles. The molecule has 0 radical (unpaired) electrons. The molecular weight excluding hydrogens is 198 g/mol. The highest BCUT2D eigenvalue weighted by Crippen LogP contribution is 2.53. The second kappa shape index (κ2) is 3.80. The molecule has 0 bridgehead atoms. The third kappa shape index (κ3) is 1.65. The van der Waals surface area contributed by atoms with Gasteiger partial charge in [0.1, 0.15) is 5.76 Å². The summed E-state index contributed by atoms with van der Waals surface area (Å²) in [7, 11) is 0. The molecule has 3 atom stereocenters. The lowest BCUT2D eigenvalue weighted by Crippen LogP contribution is -2.12. The summed E-state index contributed by atoms with van der Waals surface area (Å²) < 4.78 is 5.36. The van der Waals surface area contributed by atoms with E-state index < -0.39 is 0 Å². The molecule has 0 aliphatic heterocycles. The molecular formula is C14H15NO. The average molecular weight is 213 g/mol. The Hall–Kier alpha value is -1.54. The van der Waals surface area contributed by atoms with Crippen molar-refractivity contribution in [2.45, 2.75) is 18.4 Å². The first-order chi connectivity index (χ1) is 7.86. The van der Waals surface area contributed by atoms with Crippen LogP contribution in [-0.4, -0.2) is 0 Å². The van der Waals surface area contributed by atoms with E-state index in [4.69, 9.17) is 10.2 Å². The quantitative estimate of drug-likeness (QED) is 0.851. The van der Waals surface area contributed by atoms with Gasteiger partial charge >= 0.3 is 0 Å². The van der Waals surface area contributed by atoms with Crippen molar-refractivity contribution in [1.29, 1.82) is 0 Å². The molecule has 2 aromatic rings. The Labute approximate surface area is 95.1 Å². The fourth-order valence-electron chi connectivity index (χ4n) is 2.39. The number of hydrogen-bond acceptors (Lipinski definition) is 2. The van der Waals surface area contributed by atoms with Crippen molar-refractivity contribution in [2.24, 2.45) is 11.7 Å². The molecule has 16 heavy (non-hydrogen) atoms. The van der Waals surface area contributed by atoms with Crippen LogP contribution in [0, 0.1) is 5.92 Å². The van der Waals surface area contributed by atoms with Gasteiger partial charge in [-0.2, -0.15) is 0 Å². The maximum atomic E-state index is 6.18. The first-order valence-corrected chi connectivity index (χ1v) is 5.70. The van der Waals surface area contributed by atoms with Crippen LogP contribution >= 0.6 is 0 Å². The van der Waals surface area contributed by atoms with Gasteiger partial charge in [-0.1, -0.05) is 30.3 Å². The summed E-state index contributed by atoms with van der Waals surface area (Å²) in [4.78, 5) is 0. The monoisotopic (exact) mass is 213 g/mol. The molecule has 1 saturated carbocycles. The molecule has 0 saturated heterocycles. The van der Waals surface area contributed by atoms with Crippen LogP contribution in [0.1, 0.15) is 29.7 Å². The van der Waals surface area contributed by atoms with Crippen LogP contribution in [0.2, 0.25) is 0 Å². The third-order valence-corrected chi connectivity index (χ3v) is 3.40. The third-order valence-electron chi connectivity index (χ3n) is 3.40. The molecule has 2 N–H and O–H groups in total. The van der Waals surface area contributed by atoms with Crippen LogP contribution < -0.4 is 5.73 Å². The van der Waals surface area contributed by atoms with E-state index in [1.165, 1.54) is 12.0 Å². The fourth-order valence-corrected chi connectivity index (χ4v) is 2.39. The van der Waals surface area contributed by atoms with Crippen LogP contribution in [0.25, 0.3) is 0 Å². The van der Waals surface area contributed by atoms with Crippen LogP contribution in [0.4, 0.5) is 0 Å². The van der Waals surface area contributed by atoms with Crippen molar-refractivity contribution in [3.63, 3.8) is 0 Å². The van der Waals surface area contributed by atoms with Crippen molar-refractivity contribution in [2.75, 3.05) is 0 Å². The highest BCUT2D eigenvalue weighted by Gasteiger charge is 2.43. The second-order valence-electron chi connectivity index (χ2n) is 4.46. The van der Waals surface area contributed by atoms with Crippen molar-refractivity contribution in [1.82, 2.24) is 0 Å². The lowest BCUT2D eigenvalue weighted by Gasteiger charge is -2.07. The van der Waals surface area contributed by atoms with Crippen molar-refractivity contribution < 1.29 is 4.42 Å². The van der Waals surface area contributed by atoms with E-state index in [0.29, 0.717) is 11.8 Å². The Morgan fingerprint density at radius 1 is 1.12 bits per heavy atom. The van der Waals surface area contributed by atoms with Gasteiger partial charge < -0.3 is 10.2 Å². The zero-order valence-electron chi connectivity index (χ0n) is 9.04. The van der Waals surface area contributed by atoms with Crippen molar-refractivity contribution in [3.05, 3.63) is 60.1 Å². The molecule has 1 aromatic heterocycles. The summed E-state index contributed by atoms with van der Waals surface area (Å²) >= 11 is 0. The smallest absolute Gasteiger partial charge is 0.120 e. The maximum Gasteiger partial charge on any atom is 0.120 e. The minimum Gasteiger partial charge on any atom is -0.468 e. The van der Waals surface area contributed by atoms with E-state index in [9.17, 15) is 0 Å². The van der Waals surface area contributed by atoms with Gasteiger partial charge in [-0.3, -0.25) is 0 Å². The molecule has 2 nitrogen and oxygen atoms in total. The Kier molecular flexibility index (Phi) is 2.29. The van der Waals surface area contributed by atoms with E-state index in [2.05, 4.69) is 24.3 Å². The summed E-state index contributed by atoms with van der Waals surface area (Å²) in [5.74, 6) is 2.05. The number of rotatable bonds is 3. The van der Waals surface area contributed by atoms with E-state index in [1.54, 1.807) is 6.26 Å². The van der Waals surface area contributed by atoms with E-state index in [-0.39, 0.29) is 6.04 Å². The first-order valence-electron chi connectivity index (χ1n) is 5.70. The SMILES string of the molecule is NC(c1ccco1)C1CC1c1ccccc1. The first kappa shape index (κ1) is 9.67. The summed E-state index contributed by atoms with van der Waals surface area (Å²) in [5.41, 5.74) is 7.58. The molecule has 0 spiro atoms. The van der Waals surface area contributed by atoms with Gasteiger partial charge in [-0.25, -0.2) is 0 Å². The lowest BCUT2D eigenvalue weighted by atomic mass is 10.0. The summed E-state index contributed by atoms with van der Waals surface area (Å²) in [6.45, 7) is 0. The normalized spacial score (nSPS) is 25.3. The van der Waals surface area contributed by atoms with Gasteiger partial charge in [0.25, 0.3) is 0 Å². The molecule has 3 rings (SSSR count). The van der Waals surface area contributed by atoms with Gasteiger partial charge in [0.05, 0.1) is 12.3 Å². The molecule has 1 fully saturated rings. The average Bonchev–Trinajstić information content (AvgIpc) is 2.95. The predicted molar refractivity (Wildman–Crippen MR) is 62.9 cm³/mol. The van der Waals surface area contributed by atoms with Crippen LogP contribution in [-0.2, 0) is 0 Å².